The molecular weight excluding hydrogens is 369 g/mol. The van der Waals surface area contributed by atoms with Gasteiger partial charge in [0.15, 0.2) is 0 Å². The number of rotatable bonds is 10. The van der Waals surface area contributed by atoms with Gasteiger partial charge in [0.2, 0.25) is 0 Å². The Kier molecular flexibility index (Phi) is 7.18. The van der Waals surface area contributed by atoms with Crippen molar-refractivity contribution in [3.63, 3.8) is 0 Å². The molecule has 0 heterocycles. The van der Waals surface area contributed by atoms with Crippen molar-refractivity contribution in [2.75, 3.05) is 24.3 Å². The minimum absolute atomic E-state index is 0.0708. The van der Waals surface area contributed by atoms with E-state index in [1.165, 1.54) is 6.07 Å². The van der Waals surface area contributed by atoms with Gasteiger partial charge in [-0.3, -0.25) is 14.7 Å². The molecule has 1 atom stereocenters. The van der Waals surface area contributed by atoms with Crippen molar-refractivity contribution in [3.05, 3.63) is 40.4 Å². The van der Waals surface area contributed by atoms with Crippen molar-refractivity contribution in [2.24, 2.45) is 0 Å². The Balaban J connectivity index is 2.57. The molecule has 0 aliphatic rings. The molecule has 0 aliphatic heterocycles. The zero-order valence-corrected chi connectivity index (χ0v) is 16.7. The van der Waals surface area contributed by atoms with Crippen LogP contribution in [0.4, 0.5) is 17.1 Å². The SMILES string of the molecule is CCCC(Nc1c(N)cc([N+](=O)[O-])c2ccccc12)P(=O)(OCC)OCC. The third-order valence-corrected chi connectivity index (χ3v) is 6.51. The molecule has 148 valence electrons. The smallest absolute Gasteiger partial charge is 0.352 e. The van der Waals surface area contributed by atoms with Gasteiger partial charge in [0.25, 0.3) is 5.69 Å². The van der Waals surface area contributed by atoms with Crippen LogP contribution in [0, 0.1) is 10.1 Å². The maximum atomic E-state index is 13.3. The van der Waals surface area contributed by atoms with Crippen molar-refractivity contribution < 1.29 is 18.5 Å². The molecule has 0 bridgehead atoms. The topological polar surface area (TPSA) is 117 Å². The van der Waals surface area contributed by atoms with E-state index in [1.54, 1.807) is 38.1 Å². The minimum Gasteiger partial charge on any atom is -0.397 e. The molecule has 0 saturated heterocycles. The standard InChI is InChI=1S/C18H26N3O5P/c1-4-9-17(27(24,25-5-2)26-6-3)20-18-14-11-8-7-10-13(14)16(21(22)23)12-15(18)19/h7-8,10-12,17,20H,4-6,9,19H2,1-3H3. The molecule has 27 heavy (non-hydrogen) atoms. The lowest BCUT2D eigenvalue weighted by Crippen LogP contribution is -2.23. The molecule has 3 N–H and O–H groups in total. The summed E-state index contributed by atoms with van der Waals surface area (Å²) in [7, 11) is -3.44. The quantitative estimate of drug-likeness (QED) is 0.248. The second kappa shape index (κ2) is 9.17. The van der Waals surface area contributed by atoms with Crippen LogP contribution in [0.2, 0.25) is 0 Å². The van der Waals surface area contributed by atoms with E-state index < -0.39 is 18.3 Å². The zero-order chi connectivity index (χ0) is 20.0. The second-order valence-electron chi connectivity index (χ2n) is 5.99. The number of hydrogen-bond acceptors (Lipinski definition) is 7. The highest BCUT2D eigenvalue weighted by Crippen LogP contribution is 2.55. The van der Waals surface area contributed by atoms with E-state index in [-0.39, 0.29) is 24.6 Å². The third-order valence-electron chi connectivity index (χ3n) is 4.12. The van der Waals surface area contributed by atoms with Crippen molar-refractivity contribution in [3.8, 4) is 0 Å². The first-order chi connectivity index (χ1) is 12.9. The summed E-state index contributed by atoms with van der Waals surface area (Å²) < 4.78 is 24.3. The number of nitrogens with one attached hydrogen (secondary N) is 1. The zero-order valence-electron chi connectivity index (χ0n) is 15.8. The number of nitro benzene ring substituents is 1. The van der Waals surface area contributed by atoms with Gasteiger partial charge in [-0.15, -0.1) is 0 Å². The first-order valence-electron chi connectivity index (χ1n) is 8.98. The predicted molar refractivity (Wildman–Crippen MR) is 108 cm³/mol. The second-order valence-corrected chi connectivity index (χ2v) is 8.21. The van der Waals surface area contributed by atoms with E-state index in [0.29, 0.717) is 22.9 Å². The molecule has 0 amide bonds. The molecule has 2 aromatic rings. The normalized spacial score (nSPS) is 12.9. The summed E-state index contributed by atoms with van der Waals surface area (Å²) in [5.41, 5.74) is 6.76. The highest BCUT2D eigenvalue weighted by molar-refractivity contribution is 7.54. The third kappa shape index (κ3) is 4.58. The van der Waals surface area contributed by atoms with Gasteiger partial charge in [0.05, 0.1) is 34.9 Å². The van der Waals surface area contributed by atoms with Gasteiger partial charge in [0, 0.05) is 11.5 Å². The molecule has 0 radical (unpaired) electrons. The van der Waals surface area contributed by atoms with Crippen LogP contribution in [0.25, 0.3) is 10.8 Å². The molecular formula is C18H26N3O5P. The van der Waals surface area contributed by atoms with Gasteiger partial charge >= 0.3 is 7.60 Å². The molecule has 9 heteroatoms. The molecule has 0 spiro atoms. The number of anilines is 2. The minimum atomic E-state index is -3.44. The van der Waals surface area contributed by atoms with Crippen LogP contribution in [-0.2, 0) is 13.6 Å². The Morgan fingerprint density at radius 2 is 1.78 bits per heavy atom. The maximum absolute atomic E-state index is 13.3. The van der Waals surface area contributed by atoms with E-state index in [4.69, 9.17) is 14.8 Å². The van der Waals surface area contributed by atoms with Gasteiger partial charge in [-0.25, -0.2) is 0 Å². The molecule has 0 aromatic heterocycles. The van der Waals surface area contributed by atoms with Crippen molar-refractivity contribution in [2.45, 2.75) is 39.4 Å². The largest absolute Gasteiger partial charge is 0.397 e. The Labute approximate surface area is 158 Å². The summed E-state index contributed by atoms with van der Waals surface area (Å²) in [5.74, 6) is -0.616. The van der Waals surface area contributed by atoms with Crippen LogP contribution in [0.3, 0.4) is 0 Å². The number of non-ortho nitro benzene ring substituents is 1. The fraction of sp³-hybridized carbons (Fsp3) is 0.444. The number of fused-ring (bicyclic) bond motifs is 1. The van der Waals surface area contributed by atoms with E-state index in [1.807, 2.05) is 6.92 Å². The first kappa shape index (κ1) is 21.2. The van der Waals surface area contributed by atoms with Gasteiger partial charge < -0.3 is 20.1 Å². The lowest BCUT2D eigenvalue weighted by Gasteiger charge is -2.28. The molecule has 8 nitrogen and oxygen atoms in total. The van der Waals surface area contributed by atoms with Crippen LogP contribution >= 0.6 is 7.60 Å². The van der Waals surface area contributed by atoms with Gasteiger partial charge in [0.1, 0.15) is 5.78 Å². The first-order valence-corrected chi connectivity index (χ1v) is 10.6. The Hall–Kier alpha value is -2.15. The van der Waals surface area contributed by atoms with Gasteiger partial charge in [-0.2, -0.15) is 0 Å². The van der Waals surface area contributed by atoms with Crippen LogP contribution in [0.5, 0.6) is 0 Å². The predicted octanol–water partition coefficient (Wildman–Crippen LogP) is 5.13. The van der Waals surface area contributed by atoms with Gasteiger partial charge in [-0.1, -0.05) is 31.5 Å². The van der Waals surface area contributed by atoms with Crippen molar-refractivity contribution in [1.29, 1.82) is 0 Å². The average Bonchev–Trinajstić information content (AvgIpc) is 2.63. The Bertz CT molecular complexity index is 848. The van der Waals surface area contributed by atoms with Crippen molar-refractivity contribution >= 4 is 35.4 Å². The summed E-state index contributed by atoms with van der Waals surface area (Å²) in [6.07, 6.45) is 1.27. The summed E-state index contributed by atoms with van der Waals surface area (Å²) in [6, 6.07) is 8.23. The van der Waals surface area contributed by atoms with E-state index in [9.17, 15) is 14.7 Å². The molecule has 0 fully saturated rings. The fourth-order valence-electron chi connectivity index (χ4n) is 3.02. The summed E-state index contributed by atoms with van der Waals surface area (Å²) in [4.78, 5) is 10.9. The number of benzene rings is 2. The summed E-state index contributed by atoms with van der Waals surface area (Å²) >= 11 is 0. The van der Waals surface area contributed by atoms with Gasteiger partial charge in [-0.05, 0) is 26.3 Å². The fourth-order valence-corrected chi connectivity index (χ4v) is 5.03. The molecule has 2 rings (SSSR count). The average molecular weight is 395 g/mol. The Morgan fingerprint density at radius 1 is 1.19 bits per heavy atom. The van der Waals surface area contributed by atoms with E-state index >= 15 is 0 Å². The Morgan fingerprint density at radius 3 is 2.30 bits per heavy atom. The summed E-state index contributed by atoms with van der Waals surface area (Å²) in [5, 5.41) is 15.6. The molecule has 0 aliphatic carbocycles. The van der Waals surface area contributed by atoms with Crippen LogP contribution < -0.4 is 11.1 Å². The highest BCUT2D eigenvalue weighted by atomic mass is 31.2. The van der Waals surface area contributed by atoms with Crippen LogP contribution in [0.15, 0.2) is 30.3 Å². The molecule has 1 unspecified atom stereocenters. The number of hydrogen-bond donors (Lipinski definition) is 2. The lowest BCUT2D eigenvalue weighted by molar-refractivity contribution is -0.383. The number of nitrogen functional groups attached to an aromatic ring is 1. The number of nitro groups is 1. The monoisotopic (exact) mass is 395 g/mol. The van der Waals surface area contributed by atoms with E-state index in [0.717, 1.165) is 6.42 Å². The molecule has 0 saturated carbocycles. The van der Waals surface area contributed by atoms with Crippen LogP contribution in [-0.4, -0.2) is 23.9 Å². The summed E-state index contributed by atoms with van der Waals surface area (Å²) in [6.45, 7) is 5.97. The maximum Gasteiger partial charge on any atom is 0.352 e. The van der Waals surface area contributed by atoms with Crippen LogP contribution in [0.1, 0.15) is 33.6 Å². The number of nitrogens with zero attached hydrogens (tertiary/aromatic N) is 1. The van der Waals surface area contributed by atoms with E-state index in [2.05, 4.69) is 5.32 Å². The lowest BCUT2D eigenvalue weighted by atomic mass is 10.0. The number of nitrogens with two attached hydrogens (primary N) is 1. The highest BCUT2D eigenvalue weighted by Gasteiger charge is 2.36. The van der Waals surface area contributed by atoms with Crippen molar-refractivity contribution in [1.82, 2.24) is 0 Å². The molecule has 2 aromatic carbocycles.